The molecule has 0 bridgehead atoms. The van der Waals surface area contributed by atoms with E-state index in [0.717, 1.165) is 24.8 Å². The zero-order chi connectivity index (χ0) is 14.0. The van der Waals surface area contributed by atoms with Crippen molar-refractivity contribution in [3.8, 4) is 0 Å². The highest BCUT2D eigenvalue weighted by Crippen LogP contribution is 2.40. The van der Waals surface area contributed by atoms with Crippen LogP contribution >= 0.6 is 0 Å². The van der Waals surface area contributed by atoms with Crippen LogP contribution in [-0.2, 0) is 0 Å². The number of piperidine rings is 1. The minimum atomic E-state index is -0.00940. The summed E-state index contributed by atoms with van der Waals surface area (Å²) in [7, 11) is 2.03. The van der Waals surface area contributed by atoms with Crippen LogP contribution in [0.25, 0.3) is 0 Å². The van der Waals surface area contributed by atoms with Crippen molar-refractivity contribution in [2.45, 2.75) is 81.8 Å². The van der Waals surface area contributed by atoms with Gasteiger partial charge in [0.15, 0.2) is 0 Å². The number of likely N-dealkylation sites (N-methyl/N-ethyl adjacent to an activating group) is 1. The van der Waals surface area contributed by atoms with Gasteiger partial charge in [-0.2, -0.15) is 0 Å². The third-order valence-corrected chi connectivity index (χ3v) is 6.41. The standard InChI is InChI=1S/C17H32N2O/c1-18-17(13-20)10-4-8-15(12-17)19-11-5-7-14-6-2-3-9-16(14)19/h14-16,18,20H,2-13H2,1H3. The van der Waals surface area contributed by atoms with Crippen LogP contribution in [0.5, 0.6) is 0 Å². The molecule has 1 heterocycles. The smallest absolute Gasteiger partial charge is 0.0613 e. The van der Waals surface area contributed by atoms with Gasteiger partial charge in [-0.05, 0) is 70.9 Å². The average molecular weight is 280 g/mol. The molecule has 0 radical (unpaired) electrons. The van der Waals surface area contributed by atoms with Crippen molar-refractivity contribution in [2.24, 2.45) is 5.92 Å². The monoisotopic (exact) mass is 280 g/mol. The molecule has 2 saturated carbocycles. The molecule has 2 aliphatic carbocycles. The molecule has 1 saturated heterocycles. The molecule has 3 fully saturated rings. The van der Waals surface area contributed by atoms with E-state index in [4.69, 9.17) is 0 Å². The molecule has 4 unspecified atom stereocenters. The molecule has 3 heteroatoms. The first kappa shape index (κ1) is 14.8. The largest absolute Gasteiger partial charge is 0.394 e. The lowest BCUT2D eigenvalue weighted by atomic mass is 9.74. The quantitative estimate of drug-likeness (QED) is 0.834. The zero-order valence-corrected chi connectivity index (χ0v) is 13.1. The molecule has 2 N–H and O–H groups in total. The number of likely N-dealkylation sites (tertiary alicyclic amines) is 1. The normalized spacial score (nSPS) is 43.2. The van der Waals surface area contributed by atoms with Gasteiger partial charge in [0.25, 0.3) is 0 Å². The summed E-state index contributed by atoms with van der Waals surface area (Å²) in [4.78, 5) is 2.86. The maximum Gasteiger partial charge on any atom is 0.0613 e. The van der Waals surface area contributed by atoms with Crippen LogP contribution in [0.1, 0.15) is 64.2 Å². The van der Waals surface area contributed by atoms with E-state index in [0.29, 0.717) is 12.6 Å². The van der Waals surface area contributed by atoms with Gasteiger partial charge in [-0.15, -0.1) is 0 Å². The lowest BCUT2D eigenvalue weighted by molar-refractivity contribution is -0.0113. The van der Waals surface area contributed by atoms with E-state index in [1.807, 2.05) is 7.05 Å². The molecule has 4 atom stereocenters. The van der Waals surface area contributed by atoms with E-state index in [1.165, 1.54) is 57.9 Å². The van der Waals surface area contributed by atoms with Crippen molar-refractivity contribution in [3.63, 3.8) is 0 Å². The second-order valence-electron chi connectivity index (χ2n) is 7.43. The van der Waals surface area contributed by atoms with Crippen molar-refractivity contribution in [1.29, 1.82) is 0 Å². The SMILES string of the molecule is CNC1(CO)CCCC(N2CCCC3CCCCC32)C1. The Balaban J connectivity index is 1.70. The number of nitrogens with one attached hydrogen (secondary N) is 1. The predicted molar refractivity (Wildman–Crippen MR) is 82.8 cm³/mol. The lowest BCUT2D eigenvalue weighted by Gasteiger charge is -2.51. The van der Waals surface area contributed by atoms with Crippen molar-refractivity contribution in [2.75, 3.05) is 20.2 Å². The Morgan fingerprint density at radius 2 is 1.90 bits per heavy atom. The van der Waals surface area contributed by atoms with E-state index in [9.17, 15) is 5.11 Å². The lowest BCUT2D eigenvalue weighted by Crippen LogP contribution is -2.58. The van der Waals surface area contributed by atoms with Gasteiger partial charge in [0.1, 0.15) is 0 Å². The van der Waals surface area contributed by atoms with Gasteiger partial charge >= 0.3 is 0 Å². The second-order valence-corrected chi connectivity index (χ2v) is 7.43. The highest BCUT2D eigenvalue weighted by atomic mass is 16.3. The topological polar surface area (TPSA) is 35.5 Å². The number of fused-ring (bicyclic) bond motifs is 1. The summed E-state index contributed by atoms with van der Waals surface area (Å²) in [6, 6.07) is 1.56. The number of nitrogens with zero attached hydrogens (tertiary/aromatic N) is 1. The Morgan fingerprint density at radius 1 is 1.10 bits per heavy atom. The first-order valence-electron chi connectivity index (χ1n) is 8.83. The summed E-state index contributed by atoms with van der Waals surface area (Å²) in [6.07, 6.45) is 13.5. The molecule has 3 nitrogen and oxygen atoms in total. The third kappa shape index (κ3) is 2.77. The first-order valence-corrected chi connectivity index (χ1v) is 8.83. The van der Waals surface area contributed by atoms with Crippen LogP contribution in [0.15, 0.2) is 0 Å². The van der Waals surface area contributed by atoms with Crippen molar-refractivity contribution in [3.05, 3.63) is 0 Å². The van der Waals surface area contributed by atoms with Crippen LogP contribution in [0.4, 0.5) is 0 Å². The van der Waals surface area contributed by atoms with Gasteiger partial charge in [-0.25, -0.2) is 0 Å². The summed E-state index contributed by atoms with van der Waals surface area (Å²) in [5.74, 6) is 0.970. The summed E-state index contributed by atoms with van der Waals surface area (Å²) in [5, 5.41) is 13.2. The van der Waals surface area contributed by atoms with E-state index >= 15 is 0 Å². The number of aliphatic hydroxyl groups is 1. The van der Waals surface area contributed by atoms with Crippen molar-refractivity contribution in [1.82, 2.24) is 10.2 Å². The molecule has 0 aromatic rings. The fraction of sp³-hybridized carbons (Fsp3) is 1.00. The van der Waals surface area contributed by atoms with E-state index in [1.54, 1.807) is 0 Å². The summed E-state index contributed by atoms with van der Waals surface area (Å²) >= 11 is 0. The maximum absolute atomic E-state index is 9.81. The zero-order valence-electron chi connectivity index (χ0n) is 13.1. The average Bonchev–Trinajstić information content (AvgIpc) is 2.54. The molecule has 3 rings (SSSR count). The Morgan fingerprint density at radius 3 is 2.70 bits per heavy atom. The van der Waals surface area contributed by atoms with Gasteiger partial charge in [0.05, 0.1) is 6.61 Å². The van der Waals surface area contributed by atoms with Gasteiger partial charge < -0.3 is 10.4 Å². The minimum absolute atomic E-state index is 0.00940. The molecule has 1 aliphatic heterocycles. The van der Waals surface area contributed by atoms with Crippen LogP contribution in [-0.4, -0.2) is 47.8 Å². The Labute approximate surface area is 124 Å². The van der Waals surface area contributed by atoms with E-state index in [-0.39, 0.29) is 5.54 Å². The number of rotatable bonds is 3. The molecular formula is C17H32N2O. The molecular weight excluding hydrogens is 248 g/mol. The fourth-order valence-electron chi connectivity index (χ4n) is 5.18. The number of hydrogen-bond donors (Lipinski definition) is 2. The van der Waals surface area contributed by atoms with Crippen LogP contribution in [0.3, 0.4) is 0 Å². The highest BCUT2D eigenvalue weighted by Gasteiger charge is 2.41. The molecule has 0 aromatic carbocycles. The number of aliphatic hydroxyl groups excluding tert-OH is 1. The molecule has 0 spiro atoms. The van der Waals surface area contributed by atoms with Gasteiger partial charge in [0.2, 0.25) is 0 Å². The predicted octanol–water partition coefficient (Wildman–Crippen LogP) is 2.53. The highest BCUT2D eigenvalue weighted by molar-refractivity contribution is 4.99. The van der Waals surface area contributed by atoms with E-state index in [2.05, 4.69) is 10.2 Å². The maximum atomic E-state index is 9.81. The minimum Gasteiger partial charge on any atom is -0.394 e. The van der Waals surface area contributed by atoms with Crippen LogP contribution in [0, 0.1) is 5.92 Å². The fourth-order valence-corrected chi connectivity index (χ4v) is 5.18. The second kappa shape index (κ2) is 6.33. The van der Waals surface area contributed by atoms with Crippen molar-refractivity contribution < 1.29 is 5.11 Å². The van der Waals surface area contributed by atoms with Crippen molar-refractivity contribution >= 4 is 0 Å². The Kier molecular flexibility index (Phi) is 4.68. The van der Waals surface area contributed by atoms with E-state index < -0.39 is 0 Å². The molecule has 116 valence electrons. The van der Waals surface area contributed by atoms with Crippen LogP contribution in [0.2, 0.25) is 0 Å². The summed E-state index contributed by atoms with van der Waals surface area (Å²) in [5.41, 5.74) is -0.00940. The summed E-state index contributed by atoms with van der Waals surface area (Å²) < 4.78 is 0. The Bertz CT molecular complexity index is 314. The van der Waals surface area contributed by atoms with Crippen LogP contribution < -0.4 is 5.32 Å². The molecule has 3 aliphatic rings. The Hall–Kier alpha value is -0.120. The molecule has 0 aromatic heterocycles. The van der Waals surface area contributed by atoms with Gasteiger partial charge in [-0.3, -0.25) is 4.90 Å². The van der Waals surface area contributed by atoms with Gasteiger partial charge in [0, 0.05) is 17.6 Å². The number of hydrogen-bond acceptors (Lipinski definition) is 3. The molecule has 0 amide bonds. The third-order valence-electron chi connectivity index (χ3n) is 6.41. The van der Waals surface area contributed by atoms with Gasteiger partial charge in [-0.1, -0.05) is 12.8 Å². The summed E-state index contributed by atoms with van der Waals surface area (Å²) in [6.45, 7) is 1.60. The first-order chi connectivity index (χ1) is 9.78. The molecule has 20 heavy (non-hydrogen) atoms.